The molecule has 1 aliphatic rings. The quantitative estimate of drug-likeness (QED) is 0.101. The van der Waals surface area contributed by atoms with Crippen LogP contribution in [0.15, 0.2) is 105 Å². The number of non-ortho nitro benzene ring substituents is 1. The van der Waals surface area contributed by atoms with Gasteiger partial charge in [0.15, 0.2) is 0 Å². The number of carbonyl (C=O) groups is 2. The number of nitrogens with two attached hydrogens (primary N) is 1. The first kappa shape index (κ1) is 30.1. The van der Waals surface area contributed by atoms with Crippen molar-refractivity contribution < 1.29 is 24.2 Å². The third kappa shape index (κ3) is 8.08. The summed E-state index contributed by atoms with van der Waals surface area (Å²) in [6.45, 7) is 0. The van der Waals surface area contributed by atoms with Crippen LogP contribution in [0.5, 0.6) is 0 Å². The van der Waals surface area contributed by atoms with Crippen LogP contribution in [0.25, 0.3) is 0 Å². The summed E-state index contributed by atoms with van der Waals surface area (Å²) in [5.74, 6) is -0.504. The third-order valence-corrected chi connectivity index (χ3v) is 7.91. The number of nitrogens with zero attached hydrogens (tertiary/aromatic N) is 2. The predicted molar refractivity (Wildman–Crippen MR) is 160 cm³/mol. The van der Waals surface area contributed by atoms with E-state index < -0.39 is 15.8 Å². The van der Waals surface area contributed by atoms with Gasteiger partial charge in [-0.2, -0.15) is 0 Å². The first-order chi connectivity index (χ1) is 20.1. The topological polar surface area (TPSA) is 168 Å². The van der Waals surface area contributed by atoms with Crippen LogP contribution in [0, 0.1) is 20.2 Å². The number of esters is 1. The molecular weight excluding hydrogens is 580 g/mol. The molecular formula is C29H24N4O7S2. The maximum Gasteiger partial charge on any atom is 0.310 e. The number of carbonyl (C=O) groups excluding carboxylic acids is 2. The molecule has 0 saturated carbocycles. The molecule has 13 heteroatoms. The van der Waals surface area contributed by atoms with Gasteiger partial charge in [0.1, 0.15) is 0 Å². The molecule has 1 heterocycles. The number of nitro groups is 2. The summed E-state index contributed by atoms with van der Waals surface area (Å²) < 4.78 is 4.55. The number of hydrogen-bond donors (Lipinski definition) is 2. The normalized spacial score (nSPS) is 11.5. The van der Waals surface area contributed by atoms with Crippen molar-refractivity contribution in [2.75, 3.05) is 18.2 Å². The van der Waals surface area contributed by atoms with Gasteiger partial charge in [0.25, 0.3) is 11.4 Å². The molecule has 0 aromatic heterocycles. The zero-order valence-electron chi connectivity index (χ0n) is 22.1. The number of nitrogens with one attached hydrogen (secondary N) is 1. The Bertz CT molecular complexity index is 1650. The second-order valence-electron chi connectivity index (χ2n) is 8.87. The fourth-order valence-electron chi connectivity index (χ4n) is 3.89. The number of fused-ring (bicyclic) bond motifs is 1. The van der Waals surface area contributed by atoms with Crippen LogP contribution in [-0.4, -0.2) is 28.8 Å². The minimum absolute atomic E-state index is 0.0190. The smallest absolute Gasteiger partial charge is 0.310 e. The van der Waals surface area contributed by atoms with Crippen molar-refractivity contribution >= 4 is 58.1 Å². The molecule has 0 aliphatic carbocycles. The van der Waals surface area contributed by atoms with E-state index in [4.69, 9.17) is 5.73 Å². The Morgan fingerprint density at radius 1 is 0.857 bits per heavy atom. The van der Waals surface area contributed by atoms with Gasteiger partial charge in [-0.3, -0.25) is 29.8 Å². The molecule has 0 atom stereocenters. The molecule has 0 spiro atoms. The molecule has 11 nitrogen and oxygen atoms in total. The summed E-state index contributed by atoms with van der Waals surface area (Å²) in [5.41, 5.74) is 8.49. The zero-order chi connectivity index (χ0) is 30.2. The Morgan fingerprint density at radius 3 is 2.02 bits per heavy atom. The highest BCUT2D eigenvalue weighted by atomic mass is 32.2. The first-order valence-electron chi connectivity index (χ1n) is 12.3. The standard InChI is InChI=1S/C15H12N2O6S.C14H12N2OS/c1-23-15(18)9-10-8-13(6-7-14(10)17(21)22)24-12-4-2-11(3-5-12)16(19)20;15-10-1-3-11(4-2-10)18-12-5-6-13-9(7-12)8-14(17)16-13/h2-8H,9H2,1H3;1-7H,8,15H2,(H,16,17). The Kier molecular flexibility index (Phi) is 9.78. The fourth-order valence-corrected chi connectivity index (χ4v) is 5.65. The monoisotopic (exact) mass is 604 g/mol. The van der Waals surface area contributed by atoms with Crippen LogP contribution in [0.2, 0.25) is 0 Å². The number of nitrogen functional groups attached to an aromatic ring is 1. The highest BCUT2D eigenvalue weighted by molar-refractivity contribution is 7.99. The highest BCUT2D eigenvalue weighted by Gasteiger charge is 2.19. The summed E-state index contributed by atoms with van der Waals surface area (Å²) in [4.78, 5) is 47.0. The SMILES string of the molecule is COC(=O)Cc1cc(Sc2ccc([N+](=O)[O-])cc2)ccc1[N+](=O)[O-].Nc1ccc(Sc2ccc3c(c2)CC(=O)N3)cc1. The summed E-state index contributed by atoms with van der Waals surface area (Å²) in [7, 11) is 1.21. The Balaban J connectivity index is 0.000000200. The maximum atomic E-state index is 11.4. The van der Waals surface area contributed by atoms with Crippen molar-refractivity contribution in [1.82, 2.24) is 0 Å². The molecule has 1 amide bonds. The number of ether oxygens (including phenoxy) is 1. The van der Waals surface area contributed by atoms with Crippen LogP contribution < -0.4 is 11.1 Å². The molecule has 0 saturated heterocycles. The second kappa shape index (κ2) is 13.7. The van der Waals surface area contributed by atoms with Gasteiger partial charge >= 0.3 is 5.97 Å². The van der Waals surface area contributed by atoms with Crippen molar-refractivity contribution in [3.8, 4) is 0 Å². The van der Waals surface area contributed by atoms with E-state index in [1.165, 1.54) is 37.1 Å². The number of rotatable bonds is 8. The van der Waals surface area contributed by atoms with Crippen LogP contribution in [0.4, 0.5) is 22.7 Å². The van der Waals surface area contributed by atoms with Crippen molar-refractivity contribution in [1.29, 1.82) is 0 Å². The lowest BCUT2D eigenvalue weighted by Gasteiger charge is -2.06. The van der Waals surface area contributed by atoms with Gasteiger partial charge in [0.2, 0.25) is 5.91 Å². The average Bonchev–Trinajstić information content (AvgIpc) is 3.34. The summed E-state index contributed by atoms with van der Waals surface area (Å²) in [5, 5.41) is 24.5. The van der Waals surface area contributed by atoms with Crippen molar-refractivity contribution in [3.63, 3.8) is 0 Å². The molecule has 0 unspecified atom stereocenters. The minimum atomic E-state index is -0.574. The van der Waals surface area contributed by atoms with Crippen LogP contribution in [0.1, 0.15) is 11.1 Å². The van der Waals surface area contributed by atoms with Gasteiger partial charge in [-0.25, -0.2) is 0 Å². The van der Waals surface area contributed by atoms with E-state index in [9.17, 15) is 29.8 Å². The lowest BCUT2D eigenvalue weighted by Crippen LogP contribution is -2.07. The number of methoxy groups -OCH3 is 1. The Hall–Kier alpha value is -4.88. The van der Waals surface area contributed by atoms with Gasteiger partial charge in [-0.05, 0) is 72.3 Å². The van der Waals surface area contributed by atoms with Gasteiger partial charge in [0.05, 0.1) is 29.8 Å². The van der Waals surface area contributed by atoms with Crippen molar-refractivity contribution in [3.05, 3.63) is 116 Å². The number of hydrogen-bond acceptors (Lipinski definition) is 10. The molecule has 214 valence electrons. The highest BCUT2D eigenvalue weighted by Crippen LogP contribution is 2.34. The van der Waals surface area contributed by atoms with Crippen LogP contribution >= 0.6 is 23.5 Å². The van der Waals surface area contributed by atoms with Gasteiger partial charge in [-0.15, -0.1) is 0 Å². The van der Waals surface area contributed by atoms with E-state index >= 15 is 0 Å². The van der Waals surface area contributed by atoms with Crippen LogP contribution in [0.3, 0.4) is 0 Å². The lowest BCUT2D eigenvalue weighted by molar-refractivity contribution is -0.385. The largest absolute Gasteiger partial charge is 0.469 e. The third-order valence-electron chi connectivity index (χ3n) is 5.91. The summed E-state index contributed by atoms with van der Waals surface area (Å²) in [6.07, 6.45) is 0.271. The number of anilines is 2. The van der Waals surface area contributed by atoms with Gasteiger partial charge < -0.3 is 15.8 Å². The predicted octanol–water partition coefficient (Wildman–Crippen LogP) is 6.28. The summed E-state index contributed by atoms with van der Waals surface area (Å²) in [6, 6.07) is 24.2. The molecule has 0 radical (unpaired) electrons. The minimum Gasteiger partial charge on any atom is -0.469 e. The van der Waals surface area contributed by atoms with Crippen LogP contribution in [-0.2, 0) is 27.2 Å². The number of nitro benzene ring substituents is 2. The molecule has 4 aromatic carbocycles. The molecule has 5 rings (SSSR count). The molecule has 0 bridgehead atoms. The first-order valence-corrected chi connectivity index (χ1v) is 14.0. The number of amides is 1. The number of benzene rings is 4. The molecule has 4 aromatic rings. The molecule has 42 heavy (non-hydrogen) atoms. The maximum absolute atomic E-state index is 11.4. The van der Waals surface area contributed by atoms with Crippen molar-refractivity contribution in [2.24, 2.45) is 0 Å². The molecule has 3 N–H and O–H groups in total. The Morgan fingerprint density at radius 2 is 1.43 bits per heavy atom. The summed E-state index contributed by atoms with van der Waals surface area (Å²) >= 11 is 2.95. The fraction of sp³-hybridized carbons (Fsp3) is 0.103. The van der Waals surface area contributed by atoms with Gasteiger partial charge in [-0.1, -0.05) is 23.5 Å². The van der Waals surface area contributed by atoms with Gasteiger partial charge in [0, 0.05) is 54.7 Å². The molecule has 1 aliphatic heterocycles. The lowest BCUT2D eigenvalue weighted by atomic mass is 10.1. The zero-order valence-corrected chi connectivity index (χ0v) is 23.8. The van der Waals surface area contributed by atoms with E-state index in [0.29, 0.717) is 11.3 Å². The Labute approximate surface area is 248 Å². The molecule has 0 fully saturated rings. The van der Waals surface area contributed by atoms with Crippen molar-refractivity contribution in [2.45, 2.75) is 32.4 Å². The van der Waals surface area contributed by atoms with E-state index in [1.54, 1.807) is 36.0 Å². The average molecular weight is 605 g/mol. The van der Waals surface area contributed by atoms with E-state index in [0.717, 1.165) is 31.6 Å². The van der Waals surface area contributed by atoms with E-state index in [2.05, 4.69) is 16.1 Å². The van der Waals surface area contributed by atoms with E-state index in [-0.39, 0.29) is 29.3 Å². The second-order valence-corrected chi connectivity index (χ2v) is 11.2. The van der Waals surface area contributed by atoms with E-state index in [1.807, 2.05) is 36.4 Å².